The van der Waals surface area contributed by atoms with Crippen molar-refractivity contribution in [3.8, 4) is 11.1 Å². The monoisotopic (exact) mass is 447 g/mol. The molecule has 5 nitrogen and oxygen atoms in total. The van der Waals surface area contributed by atoms with Gasteiger partial charge in [-0.25, -0.2) is 4.98 Å². The number of likely N-dealkylation sites (tertiary alicyclic amines) is 1. The van der Waals surface area contributed by atoms with Crippen LogP contribution in [0.15, 0.2) is 52.6 Å². The van der Waals surface area contributed by atoms with E-state index in [0.29, 0.717) is 21.6 Å². The maximum absolute atomic E-state index is 13.3. The van der Waals surface area contributed by atoms with Gasteiger partial charge in [-0.3, -0.25) is 9.59 Å². The highest BCUT2D eigenvalue weighted by atomic mass is 32.1. The van der Waals surface area contributed by atoms with Gasteiger partial charge in [-0.1, -0.05) is 30.3 Å². The highest BCUT2D eigenvalue weighted by Crippen LogP contribution is 2.32. The molecule has 1 fully saturated rings. The van der Waals surface area contributed by atoms with Crippen LogP contribution in [0.25, 0.3) is 33.0 Å². The number of benzene rings is 1. The molecule has 31 heavy (non-hydrogen) atoms. The van der Waals surface area contributed by atoms with Crippen LogP contribution in [0.4, 0.5) is 0 Å². The Labute approximate surface area is 187 Å². The fourth-order valence-electron chi connectivity index (χ4n) is 3.90. The Morgan fingerprint density at radius 1 is 1.13 bits per heavy atom. The van der Waals surface area contributed by atoms with E-state index in [1.807, 2.05) is 65.7 Å². The first kappa shape index (κ1) is 19.9. The first-order valence-corrected chi connectivity index (χ1v) is 11.9. The van der Waals surface area contributed by atoms with Gasteiger partial charge in [-0.05, 0) is 43.5 Å². The summed E-state index contributed by atoms with van der Waals surface area (Å²) in [7, 11) is 0. The number of aryl methyl sites for hydroxylation is 1. The standard InChI is InChI=1S/C24H21N3O2S2/c1-15-9-10-17(31-15)13-18(24(29)27-11-5-6-12-27)21-25-22(28)20-19(14-30-23(20)26-21)16-7-3-2-4-8-16/h2-4,7-10,13-14H,5-6,11-12H2,1H3,(H,25,26,28). The lowest BCUT2D eigenvalue weighted by molar-refractivity contribution is -0.123. The zero-order valence-corrected chi connectivity index (χ0v) is 18.7. The van der Waals surface area contributed by atoms with E-state index in [1.54, 1.807) is 11.3 Å². The van der Waals surface area contributed by atoms with E-state index in [2.05, 4.69) is 4.98 Å². The van der Waals surface area contributed by atoms with Crippen molar-refractivity contribution in [2.45, 2.75) is 19.8 Å². The molecule has 4 heterocycles. The van der Waals surface area contributed by atoms with Gasteiger partial charge in [0.05, 0.1) is 11.0 Å². The summed E-state index contributed by atoms with van der Waals surface area (Å²) in [4.78, 5) is 38.7. The Morgan fingerprint density at radius 3 is 2.61 bits per heavy atom. The number of nitrogens with one attached hydrogen (secondary N) is 1. The molecule has 0 aliphatic carbocycles. The van der Waals surface area contributed by atoms with Crippen molar-refractivity contribution in [3.63, 3.8) is 0 Å². The maximum Gasteiger partial charge on any atom is 0.260 e. The van der Waals surface area contributed by atoms with Crippen LogP contribution < -0.4 is 5.56 Å². The summed E-state index contributed by atoms with van der Waals surface area (Å²) in [5.74, 6) is 0.257. The lowest BCUT2D eigenvalue weighted by atomic mass is 10.1. The molecule has 1 N–H and O–H groups in total. The van der Waals surface area contributed by atoms with Gasteiger partial charge in [-0.2, -0.15) is 0 Å². The van der Waals surface area contributed by atoms with Crippen LogP contribution >= 0.6 is 22.7 Å². The molecule has 4 aromatic rings. The highest BCUT2D eigenvalue weighted by Gasteiger charge is 2.25. The van der Waals surface area contributed by atoms with Crippen LogP contribution in [-0.2, 0) is 4.79 Å². The lowest BCUT2D eigenvalue weighted by Crippen LogP contribution is -2.29. The van der Waals surface area contributed by atoms with E-state index in [-0.39, 0.29) is 11.5 Å². The molecule has 0 bridgehead atoms. The van der Waals surface area contributed by atoms with Crippen molar-refractivity contribution < 1.29 is 4.79 Å². The number of aromatic nitrogens is 2. The molecule has 1 aromatic carbocycles. The summed E-state index contributed by atoms with van der Waals surface area (Å²) >= 11 is 3.04. The lowest BCUT2D eigenvalue weighted by Gasteiger charge is -2.17. The first-order valence-electron chi connectivity index (χ1n) is 10.2. The van der Waals surface area contributed by atoms with E-state index < -0.39 is 0 Å². The molecule has 5 rings (SSSR count). The SMILES string of the molecule is Cc1ccc(C=C(C(=O)N2CCCC2)c2nc3scc(-c4ccccc4)c3c(=O)[nH]2)s1. The van der Waals surface area contributed by atoms with Gasteiger partial charge >= 0.3 is 0 Å². The quantitative estimate of drug-likeness (QED) is 0.438. The summed E-state index contributed by atoms with van der Waals surface area (Å²) in [6.45, 7) is 3.51. The van der Waals surface area contributed by atoms with Crippen LogP contribution in [0.5, 0.6) is 0 Å². The summed E-state index contributed by atoms with van der Waals surface area (Å²) in [5, 5.41) is 2.53. The second-order valence-electron chi connectivity index (χ2n) is 7.62. The molecular formula is C24H21N3O2S2. The second kappa shape index (κ2) is 8.24. The van der Waals surface area contributed by atoms with Crippen LogP contribution in [0, 0.1) is 6.92 Å². The number of carbonyl (C=O) groups excluding carboxylic acids is 1. The van der Waals surface area contributed by atoms with Crippen molar-refractivity contribution in [3.05, 3.63) is 73.8 Å². The zero-order valence-electron chi connectivity index (χ0n) is 17.1. The number of fused-ring (bicyclic) bond motifs is 1. The molecule has 156 valence electrons. The third kappa shape index (κ3) is 3.86. The zero-order chi connectivity index (χ0) is 21.4. The van der Waals surface area contributed by atoms with Gasteiger partial charge in [0.2, 0.25) is 0 Å². The summed E-state index contributed by atoms with van der Waals surface area (Å²) in [6.07, 6.45) is 3.87. The molecule has 0 radical (unpaired) electrons. The number of H-pyrrole nitrogens is 1. The third-order valence-electron chi connectivity index (χ3n) is 5.46. The molecule has 0 spiro atoms. The van der Waals surface area contributed by atoms with Crippen LogP contribution in [0.2, 0.25) is 0 Å². The van der Waals surface area contributed by atoms with Crippen molar-refractivity contribution in [1.29, 1.82) is 0 Å². The summed E-state index contributed by atoms with van der Waals surface area (Å²) < 4.78 is 0. The Kier molecular flexibility index (Phi) is 5.29. The number of carbonyl (C=O) groups is 1. The molecule has 1 aliphatic rings. The Hall–Kier alpha value is -3.03. The predicted molar refractivity (Wildman–Crippen MR) is 128 cm³/mol. The van der Waals surface area contributed by atoms with Gasteiger partial charge in [-0.15, -0.1) is 22.7 Å². The largest absolute Gasteiger partial charge is 0.339 e. The minimum atomic E-state index is -0.220. The van der Waals surface area contributed by atoms with Crippen molar-refractivity contribution >= 4 is 50.4 Å². The Morgan fingerprint density at radius 2 is 1.90 bits per heavy atom. The molecule has 7 heteroatoms. The fraction of sp³-hybridized carbons (Fsp3) is 0.208. The van der Waals surface area contributed by atoms with E-state index in [1.165, 1.54) is 16.2 Å². The third-order valence-corrected chi connectivity index (χ3v) is 7.28. The van der Waals surface area contributed by atoms with E-state index in [9.17, 15) is 9.59 Å². The van der Waals surface area contributed by atoms with Crippen molar-refractivity contribution in [2.24, 2.45) is 0 Å². The minimum absolute atomic E-state index is 0.0779. The van der Waals surface area contributed by atoms with E-state index in [4.69, 9.17) is 4.98 Å². The van der Waals surface area contributed by atoms with Gasteiger partial charge < -0.3 is 9.88 Å². The topological polar surface area (TPSA) is 66.1 Å². The number of nitrogens with zero attached hydrogens (tertiary/aromatic N) is 2. The van der Waals surface area contributed by atoms with E-state index in [0.717, 1.165) is 41.9 Å². The molecule has 0 saturated carbocycles. The van der Waals surface area contributed by atoms with Crippen LogP contribution in [0.3, 0.4) is 0 Å². The van der Waals surface area contributed by atoms with Crippen molar-refractivity contribution in [1.82, 2.24) is 14.9 Å². The molecule has 0 atom stereocenters. The van der Waals surface area contributed by atoms with Crippen molar-refractivity contribution in [2.75, 3.05) is 13.1 Å². The maximum atomic E-state index is 13.3. The molecule has 0 unspecified atom stereocenters. The first-order chi connectivity index (χ1) is 15.1. The fourth-order valence-corrected chi connectivity index (χ4v) is 5.67. The van der Waals surface area contributed by atoms with E-state index >= 15 is 0 Å². The minimum Gasteiger partial charge on any atom is -0.339 e. The number of rotatable bonds is 4. The average molecular weight is 448 g/mol. The van der Waals surface area contributed by atoms with Gasteiger partial charge in [0.15, 0.2) is 0 Å². The number of aromatic amines is 1. The second-order valence-corrected chi connectivity index (χ2v) is 9.79. The molecule has 3 aromatic heterocycles. The average Bonchev–Trinajstić information content (AvgIpc) is 3.53. The van der Waals surface area contributed by atoms with Gasteiger partial charge in [0, 0.05) is 33.8 Å². The number of hydrogen-bond acceptors (Lipinski definition) is 5. The highest BCUT2D eigenvalue weighted by molar-refractivity contribution is 7.17. The summed E-state index contributed by atoms with van der Waals surface area (Å²) in [5.41, 5.74) is 2.07. The van der Waals surface area contributed by atoms with Gasteiger partial charge in [0.1, 0.15) is 10.7 Å². The van der Waals surface area contributed by atoms with Gasteiger partial charge in [0.25, 0.3) is 11.5 Å². The number of thiophene rings is 2. The molecule has 1 amide bonds. The Bertz CT molecular complexity index is 1340. The normalized spacial score (nSPS) is 14.5. The molecule has 1 saturated heterocycles. The van der Waals surface area contributed by atoms with Crippen LogP contribution in [0.1, 0.15) is 28.4 Å². The number of hydrogen-bond donors (Lipinski definition) is 1. The number of amides is 1. The predicted octanol–water partition coefficient (Wildman–Crippen LogP) is 5.18. The summed E-state index contributed by atoms with van der Waals surface area (Å²) in [6, 6.07) is 13.8. The van der Waals surface area contributed by atoms with Crippen LogP contribution in [-0.4, -0.2) is 33.9 Å². The molecule has 1 aliphatic heterocycles. The Balaban J connectivity index is 1.64. The smallest absolute Gasteiger partial charge is 0.260 e. The molecular weight excluding hydrogens is 426 g/mol.